The number of halogens is 1. The minimum atomic E-state index is -0.668. The van der Waals surface area contributed by atoms with Crippen molar-refractivity contribution in [2.75, 3.05) is 5.73 Å². The van der Waals surface area contributed by atoms with Crippen molar-refractivity contribution in [1.29, 1.82) is 0 Å². The molecule has 2 heterocycles. The molecule has 8 rings (SSSR count). The van der Waals surface area contributed by atoms with E-state index in [1.807, 2.05) is 36.4 Å². The molecule has 0 aliphatic heterocycles. The number of allylic oxidation sites excluding steroid dienone is 1. The highest BCUT2D eigenvalue weighted by Gasteiger charge is 2.71. The number of nitrogen functional groups attached to an aromatic ring is 1. The Hall–Kier alpha value is -3.52. The van der Waals surface area contributed by atoms with Crippen molar-refractivity contribution in [3.05, 3.63) is 82.6 Å². The van der Waals surface area contributed by atoms with Gasteiger partial charge in [-0.25, -0.2) is 4.98 Å². The number of ether oxygens (including phenoxy) is 1. The number of carbonyl (C=O) groups excluding carboxylic acids is 1. The Labute approximate surface area is 296 Å². The minimum Gasteiger partial charge on any atom is -0.460 e. The Kier molecular flexibility index (Phi) is 7.39. The quantitative estimate of drug-likeness (QED) is 0.189. The molecule has 7 nitrogen and oxygen atoms in total. The summed E-state index contributed by atoms with van der Waals surface area (Å²) in [6.07, 6.45) is 9.34. The topological polar surface area (TPSA) is 120 Å². The molecule has 266 valence electrons. The largest absolute Gasteiger partial charge is 0.460 e. The summed E-state index contributed by atoms with van der Waals surface area (Å²) in [5, 5.41) is 7.82. The minimum absolute atomic E-state index is 0.0231. The lowest BCUT2D eigenvalue weighted by Crippen LogP contribution is -2.71. The van der Waals surface area contributed by atoms with E-state index in [-0.39, 0.29) is 46.1 Å². The molecular weight excluding hydrogens is 625 g/mol. The Morgan fingerprint density at radius 1 is 0.980 bits per heavy atom. The van der Waals surface area contributed by atoms with Gasteiger partial charge < -0.3 is 16.2 Å². The second-order valence-corrected chi connectivity index (χ2v) is 18.5. The second-order valence-electron chi connectivity index (χ2n) is 18.5. The molecule has 3 aromatic rings. The van der Waals surface area contributed by atoms with Gasteiger partial charge in [0.2, 0.25) is 5.95 Å². The third kappa shape index (κ3) is 4.58. The van der Waals surface area contributed by atoms with Gasteiger partial charge >= 0.3 is 5.97 Å². The summed E-state index contributed by atoms with van der Waals surface area (Å²) >= 11 is 0. The third-order valence-electron chi connectivity index (χ3n) is 15.2. The van der Waals surface area contributed by atoms with Crippen LogP contribution in [0.15, 0.2) is 54.2 Å². The maximum Gasteiger partial charge on any atom is 0.313 e. The number of carbonyl (C=O) groups is 1. The van der Waals surface area contributed by atoms with Crippen molar-refractivity contribution in [1.82, 2.24) is 15.2 Å². The first kappa shape index (κ1) is 33.6. The van der Waals surface area contributed by atoms with Crippen LogP contribution in [0.5, 0.6) is 0 Å². The van der Waals surface area contributed by atoms with Crippen LogP contribution < -0.4 is 11.5 Å². The number of rotatable bonds is 4. The number of hydrogen-bond acceptors (Lipinski definition) is 6. The fourth-order valence-electron chi connectivity index (χ4n) is 12.5. The molecule has 8 heteroatoms. The summed E-state index contributed by atoms with van der Waals surface area (Å²) in [6, 6.07) is 13.3. The number of nitrogens with zero attached hydrogens (tertiary/aromatic N) is 2. The van der Waals surface area contributed by atoms with Crippen LogP contribution in [0.3, 0.4) is 0 Å². The van der Waals surface area contributed by atoms with Crippen LogP contribution >= 0.6 is 0 Å². The van der Waals surface area contributed by atoms with Crippen molar-refractivity contribution < 1.29 is 13.9 Å². The lowest BCUT2D eigenvalue weighted by atomic mass is 9.34. The van der Waals surface area contributed by atoms with Crippen LogP contribution in [0.2, 0.25) is 0 Å². The molecule has 2 aromatic heterocycles. The number of aromatic amines is 1. The van der Waals surface area contributed by atoms with Crippen molar-refractivity contribution >= 4 is 17.4 Å². The van der Waals surface area contributed by atoms with E-state index in [1.54, 1.807) is 6.20 Å². The summed E-state index contributed by atoms with van der Waals surface area (Å²) in [4.78, 5) is 18.8. The van der Waals surface area contributed by atoms with Crippen molar-refractivity contribution in [3.8, 4) is 0 Å². The van der Waals surface area contributed by atoms with Gasteiger partial charge in [0.25, 0.3) is 0 Å². The maximum absolute atomic E-state index is 14.6. The van der Waals surface area contributed by atoms with Gasteiger partial charge in [-0.2, -0.15) is 9.49 Å². The van der Waals surface area contributed by atoms with E-state index >= 15 is 0 Å². The van der Waals surface area contributed by atoms with E-state index in [0.717, 1.165) is 67.2 Å². The zero-order valence-corrected chi connectivity index (χ0v) is 30.7. The molecule has 5 aliphatic carbocycles. The van der Waals surface area contributed by atoms with Gasteiger partial charge in [-0.1, -0.05) is 71.9 Å². The van der Waals surface area contributed by atoms with Gasteiger partial charge in [0, 0.05) is 28.4 Å². The predicted molar refractivity (Wildman–Crippen MR) is 194 cm³/mol. The van der Waals surface area contributed by atoms with Crippen molar-refractivity contribution in [3.63, 3.8) is 0 Å². The van der Waals surface area contributed by atoms with Crippen LogP contribution in [0.4, 0.5) is 10.2 Å². The van der Waals surface area contributed by atoms with Crippen molar-refractivity contribution in [2.45, 2.75) is 117 Å². The number of fused-ring (bicyclic) bond motifs is 8. The number of nitrogens with one attached hydrogen (secondary N) is 1. The molecule has 1 unspecified atom stereocenters. The van der Waals surface area contributed by atoms with E-state index < -0.39 is 16.9 Å². The Bertz CT molecular complexity index is 1870. The molecule has 0 bridgehead atoms. The molecule has 1 aromatic carbocycles. The zero-order chi connectivity index (χ0) is 35.5. The number of aromatic nitrogens is 3. The number of H-pyrrole nitrogens is 1. The van der Waals surface area contributed by atoms with Crippen LogP contribution in [-0.2, 0) is 28.0 Å². The molecule has 3 saturated carbocycles. The van der Waals surface area contributed by atoms with Crippen LogP contribution in [0, 0.1) is 45.4 Å². The van der Waals surface area contributed by atoms with E-state index in [0.29, 0.717) is 24.6 Å². The fraction of sp³-hybridized carbons (Fsp3) is 0.595. The van der Waals surface area contributed by atoms with Gasteiger partial charge in [0.15, 0.2) is 0 Å². The maximum atomic E-state index is 14.6. The van der Waals surface area contributed by atoms with Crippen molar-refractivity contribution in [2.24, 2.45) is 45.1 Å². The molecule has 50 heavy (non-hydrogen) atoms. The molecule has 0 spiro atoms. The summed E-state index contributed by atoms with van der Waals surface area (Å²) in [5.74, 6) is 0.518. The lowest BCUT2D eigenvalue weighted by molar-refractivity contribution is -0.174. The van der Waals surface area contributed by atoms with Crippen LogP contribution in [0.25, 0.3) is 5.57 Å². The summed E-state index contributed by atoms with van der Waals surface area (Å²) in [7, 11) is 0. The molecule has 7 atom stereocenters. The number of benzene rings is 1. The van der Waals surface area contributed by atoms with E-state index in [2.05, 4.69) is 56.7 Å². The average Bonchev–Trinajstić information content (AvgIpc) is 3.44. The average molecular weight is 680 g/mol. The normalized spacial score (nSPS) is 36.7. The first-order valence-corrected chi connectivity index (χ1v) is 18.7. The number of hydrogen-bond donors (Lipinski definition) is 3. The number of anilines is 1. The Morgan fingerprint density at radius 3 is 2.44 bits per heavy atom. The van der Waals surface area contributed by atoms with Crippen LogP contribution in [-0.4, -0.2) is 26.7 Å². The van der Waals surface area contributed by atoms with E-state index in [9.17, 15) is 9.18 Å². The van der Waals surface area contributed by atoms with E-state index in [4.69, 9.17) is 16.2 Å². The number of pyridine rings is 1. The molecule has 0 saturated heterocycles. The predicted octanol–water partition coefficient (Wildman–Crippen LogP) is 8.30. The molecular formula is C42H54FN5O2. The summed E-state index contributed by atoms with van der Waals surface area (Å²) in [5.41, 5.74) is 19.5. The fourth-order valence-corrected chi connectivity index (χ4v) is 12.5. The third-order valence-corrected chi connectivity index (χ3v) is 15.2. The first-order valence-electron chi connectivity index (χ1n) is 18.7. The summed E-state index contributed by atoms with van der Waals surface area (Å²) < 4.78 is 20.7. The van der Waals surface area contributed by atoms with Gasteiger partial charge in [0.1, 0.15) is 12.4 Å². The molecule has 0 amide bonds. The lowest BCUT2D eigenvalue weighted by Gasteiger charge is -2.71. The van der Waals surface area contributed by atoms with Gasteiger partial charge in [-0.05, 0) is 126 Å². The van der Waals surface area contributed by atoms with E-state index in [1.165, 1.54) is 17.3 Å². The standard InChI is InChI=1S/C42H54FN5O2/c1-37(2)16-17-41(36(49)50-24-25-10-8-7-9-11-25)18-19-42(45)33(29(41)22-37)27(26-12-13-32(43)46-23-26)20-31-39(5)21-28-34(47-48-35(28)44)38(3,4)30(39)14-15-40(31,42)6/h7-13,23,29-31H,14-22,24,45H2,1-6H3,(H3,44,47,48)/t29-,30-,31?,39-,40+,41-,42-/m0/s1. The molecule has 5 aliphatic rings. The summed E-state index contributed by atoms with van der Waals surface area (Å²) in [6.45, 7) is 14.5. The van der Waals surface area contributed by atoms with Gasteiger partial charge in [-0.3, -0.25) is 9.89 Å². The monoisotopic (exact) mass is 679 g/mol. The Balaban J connectivity index is 1.30. The van der Waals surface area contributed by atoms with Gasteiger partial charge in [-0.15, -0.1) is 0 Å². The highest BCUT2D eigenvalue weighted by molar-refractivity contribution is 5.82. The first-order chi connectivity index (χ1) is 23.6. The second kappa shape index (κ2) is 11.0. The SMILES string of the molecule is CC1(C)CC[C@]2(C(=O)OCc3ccccc3)CC[C@]3(N)C(=C(c4ccc(F)nc4)CC4[C@@]5(C)Cc6c(N)n[nH]c6C(C)(C)[C@@H]5CC[C@]43C)[C@@H]2C1. The highest BCUT2D eigenvalue weighted by Crippen LogP contribution is 2.74. The highest BCUT2D eigenvalue weighted by atomic mass is 19.1. The van der Waals surface area contributed by atoms with Gasteiger partial charge in [0.05, 0.1) is 5.41 Å². The zero-order valence-electron chi connectivity index (χ0n) is 30.7. The molecule has 3 fully saturated rings. The number of esters is 1. The molecule has 0 radical (unpaired) electrons. The number of nitrogens with two attached hydrogens (primary N) is 2. The van der Waals surface area contributed by atoms with Crippen LogP contribution in [0.1, 0.15) is 115 Å². The Morgan fingerprint density at radius 2 is 1.72 bits per heavy atom. The smallest absolute Gasteiger partial charge is 0.313 e. The molecule has 5 N–H and O–H groups in total.